The van der Waals surface area contributed by atoms with E-state index in [4.69, 9.17) is 4.74 Å². The number of ether oxygens (including phenoxy) is 1. The van der Waals surface area contributed by atoms with Gasteiger partial charge in [-0.2, -0.15) is 5.10 Å². The van der Waals surface area contributed by atoms with E-state index in [1.807, 2.05) is 39.1 Å². The number of nitrogens with one attached hydrogen (secondary N) is 3. The second kappa shape index (κ2) is 9.13. The number of aromatic amines is 1. The fraction of sp³-hybridized carbons (Fsp3) is 0.350. The van der Waals surface area contributed by atoms with Gasteiger partial charge >= 0.3 is 0 Å². The van der Waals surface area contributed by atoms with E-state index in [9.17, 15) is 4.79 Å². The highest BCUT2D eigenvalue weighted by molar-refractivity contribution is 5.91. The Morgan fingerprint density at radius 1 is 1.24 bits per heavy atom. The van der Waals surface area contributed by atoms with E-state index >= 15 is 0 Å². The zero-order chi connectivity index (χ0) is 20.8. The first-order valence-electron chi connectivity index (χ1n) is 9.36. The molecular weight excluding hydrogens is 370 g/mol. The molecule has 3 aromatic heterocycles. The Hall–Kier alpha value is -3.49. The summed E-state index contributed by atoms with van der Waals surface area (Å²) in [5, 5.41) is 12.9. The molecule has 9 nitrogen and oxygen atoms in total. The minimum Gasteiger partial charge on any atom is -0.481 e. The molecule has 1 amide bonds. The summed E-state index contributed by atoms with van der Waals surface area (Å²) in [5.74, 6) is 0.908. The highest BCUT2D eigenvalue weighted by Gasteiger charge is 2.18. The second-order valence-corrected chi connectivity index (χ2v) is 6.69. The quantitative estimate of drug-likeness (QED) is 0.536. The second-order valence-electron chi connectivity index (χ2n) is 6.69. The molecule has 0 aliphatic heterocycles. The van der Waals surface area contributed by atoms with E-state index in [2.05, 4.69) is 35.8 Å². The topological polar surface area (TPSA) is 118 Å². The fourth-order valence-corrected chi connectivity index (χ4v) is 2.76. The van der Waals surface area contributed by atoms with Crippen molar-refractivity contribution in [2.45, 2.75) is 33.2 Å². The van der Waals surface area contributed by atoms with Gasteiger partial charge in [0.05, 0.1) is 25.0 Å². The van der Waals surface area contributed by atoms with E-state index in [0.717, 1.165) is 23.2 Å². The maximum absolute atomic E-state index is 12.7. The van der Waals surface area contributed by atoms with E-state index in [1.165, 1.54) is 0 Å². The summed E-state index contributed by atoms with van der Waals surface area (Å²) >= 11 is 0. The Labute approximate surface area is 169 Å². The number of carbonyl (C=O) groups is 1. The van der Waals surface area contributed by atoms with Crippen molar-refractivity contribution < 1.29 is 9.53 Å². The van der Waals surface area contributed by atoms with Crippen molar-refractivity contribution in [1.82, 2.24) is 30.5 Å². The van der Waals surface area contributed by atoms with Crippen LogP contribution in [-0.2, 0) is 6.42 Å². The molecule has 0 radical (unpaired) electrons. The third-order valence-corrected chi connectivity index (χ3v) is 4.60. The Bertz CT molecular complexity index is 973. The van der Waals surface area contributed by atoms with Crippen LogP contribution in [0.4, 0.5) is 5.82 Å². The molecule has 0 bridgehead atoms. The zero-order valence-corrected chi connectivity index (χ0v) is 17.0. The molecule has 29 heavy (non-hydrogen) atoms. The molecule has 3 heterocycles. The average molecular weight is 395 g/mol. The number of nitrogens with zero attached hydrogens (tertiary/aromatic N) is 4. The molecule has 0 saturated heterocycles. The molecule has 1 atom stereocenters. The lowest BCUT2D eigenvalue weighted by Crippen LogP contribution is -2.29. The molecular formula is C20H25N7O2. The smallest absolute Gasteiger partial charge is 0.289 e. The fourth-order valence-electron chi connectivity index (χ4n) is 2.76. The van der Waals surface area contributed by atoms with Crippen LogP contribution in [0.2, 0.25) is 0 Å². The van der Waals surface area contributed by atoms with Gasteiger partial charge in [0.2, 0.25) is 11.7 Å². The summed E-state index contributed by atoms with van der Waals surface area (Å²) < 4.78 is 5.14. The minimum absolute atomic E-state index is 0.119. The van der Waals surface area contributed by atoms with Gasteiger partial charge in [-0.3, -0.25) is 9.89 Å². The molecule has 3 N–H and O–H groups in total. The Morgan fingerprint density at radius 3 is 2.79 bits per heavy atom. The maximum Gasteiger partial charge on any atom is 0.289 e. The third-order valence-electron chi connectivity index (χ3n) is 4.60. The van der Waals surface area contributed by atoms with Gasteiger partial charge in [0.15, 0.2) is 0 Å². The van der Waals surface area contributed by atoms with Gasteiger partial charge in [0.1, 0.15) is 5.82 Å². The average Bonchev–Trinajstić information content (AvgIpc) is 3.24. The number of anilines is 1. The Kier molecular flexibility index (Phi) is 6.38. The van der Waals surface area contributed by atoms with Gasteiger partial charge < -0.3 is 15.4 Å². The first kappa shape index (κ1) is 20.2. The first-order valence-corrected chi connectivity index (χ1v) is 9.36. The van der Waals surface area contributed by atoms with Crippen molar-refractivity contribution in [3.63, 3.8) is 0 Å². The summed E-state index contributed by atoms with van der Waals surface area (Å²) in [6.45, 7) is 6.31. The van der Waals surface area contributed by atoms with Gasteiger partial charge in [-0.25, -0.2) is 15.0 Å². The molecule has 3 rings (SSSR count). The number of pyridine rings is 1. The van der Waals surface area contributed by atoms with Crippen molar-refractivity contribution >= 4 is 11.7 Å². The van der Waals surface area contributed by atoms with E-state index in [-0.39, 0.29) is 17.8 Å². The van der Waals surface area contributed by atoms with Crippen molar-refractivity contribution in [2.24, 2.45) is 0 Å². The standard InChI is InChI=1S/C20H25N7O2/c1-12-13(2)24-19(27-18(12)21-9-8-15-10-22-23-11-15)20(28)25-14(3)16-6-5-7-17(26-16)29-4/h5-7,10-11,14H,8-9H2,1-4H3,(H,22,23)(H,25,28)(H,21,24,27)/t14-/m1/s1. The minimum atomic E-state index is -0.358. The van der Waals surface area contributed by atoms with Crippen molar-refractivity contribution in [1.29, 1.82) is 0 Å². The van der Waals surface area contributed by atoms with Gasteiger partial charge in [-0.05, 0) is 38.8 Å². The van der Waals surface area contributed by atoms with Crippen LogP contribution >= 0.6 is 0 Å². The van der Waals surface area contributed by atoms with Crippen molar-refractivity contribution in [3.05, 3.63) is 58.9 Å². The van der Waals surface area contributed by atoms with Crippen LogP contribution in [0.25, 0.3) is 0 Å². The third kappa shape index (κ3) is 5.07. The number of aryl methyl sites for hydroxylation is 1. The van der Waals surface area contributed by atoms with Crippen molar-refractivity contribution in [2.75, 3.05) is 19.0 Å². The van der Waals surface area contributed by atoms with Crippen LogP contribution in [0.15, 0.2) is 30.6 Å². The highest BCUT2D eigenvalue weighted by atomic mass is 16.5. The number of H-pyrrole nitrogens is 1. The van der Waals surface area contributed by atoms with Crippen LogP contribution in [0.1, 0.15) is 46.1 Å². The molecule has 0 aliphatic rings. The van der Waals surface area contributed by atoms with Crippen LogP contribution in [0.5, 0.6) is 5.88 Å². The predicted octanol–water partition coefficient (Wildman–Crippen LogP) is 2.37. The highest BCUT2D eigenvalue weighted by Crippen LogP contribution is 2.17. The number of hydrogen-bond donors (Lipinski definition) is 3. The summed E-state index contributed by atoms with van der Waals surface area (Å²) in [6.07, 6.45) is 4.43. The van der Waals surface area contributed by atoms with Gasteiger partial charge in [-0.15, -0.1) is 0 Å². The number of methoxy groups -OCH3 is 1. The molecule has 152 valence electrons. The van der Waals surface area contributed by atoms with E-state index < -0.39 is 0 Å². The van der Waals surface area contributed by atoms with Crippen LogP contribution < -0.4 is 15.4 Å². The summed E-state index contributed by atoms with van der Waals surface area (Å²) in [6, 6.07) is 5.10. The normalized spacial score (nSPS) is 11.7. The number of rotatable bonds is 8. The lowest BCUT2D eigenvalue weighted by molar-refractivity contribution is 0.0928. The first-order chi connectivity index (χ1) is 14.0. The number of hydrogen-bond acceptors (Lipinski definition) is 7. The number of amides is 1. The molecule has 3 aromatic rings. The monoisotopic (exact) mass is 395 g/mol. The number of aromatic nitrogens is 5. The SMILES string of the molecule is COc1cccc([C@@H](C)NC(=O)c2nc(C)c(C)c(NCCc3cn[nH]c3)n2)n1. The number of carbonyl (C=O) groups excluding carboxylic acids is 1. The summed E-state index contributed by atoms with van der Waals surface area (Å²) in [7, 11) is 1.55. The zero-order valence-electron chi connectivity index (χ0n) is 17.0. The lowest BCUT2D eigenvalue weighted by Gasteiger charge is -2.15. The molecule has 0 spiro atoms. The largest absolute Gasteiger partial charge is 0.481 e. The molecule has 0 unspecified atom stereocenters. The van der Waals surface area contributed by atoms with Gasteiger partial charge in [0.25, 0.3) is 5.91 Å². The Balaban J connectivity index is 1.70. The van der Waals surface area contributed by atoms with Crippen LogP contribution in [-0.4, -0.2) is 44.7 Å². The van der Waals surface area contributed by atoms with Crippen LogP contribution in [0, 0.1) is 13.8 Å². The molecule has 0 aliphatic carbocycles. The van der Waals surface area contributed by atoms with E-state index in [0.29, 0.717) is 23.9 Å². The van der Waals surface area contributed by atoms with Crippen molar-refractivity contribution in [3.8, 4) is 5.88 Å². The van der Waals surface area contributed by atoms with Crippen LogP contribution in [0.3, 0.4) is 0 Å². The van der Waals surface area contributed by atoms with Gasteiger partial charge in [0, 0.05) is 30.1 Å². The maximum atomic E-state index is 12.7. The predicted molar refractivity (Wildman–Crippen MR) is 109 cm³/mol. The van der Waals surface area contributed by atoms with Gasteiger partial charge in [-0.1, -0.05) is 6.07 Å². The molecule has 0 aromatic carbocycles. The lowest BCUT2D eigenvalue weighted by atomic mass is 10.2. The molecule has 0 saturated carbocycles. The summed E-state index contributed by atoms with van der Waals surface area (Å²) in [4.78, 5) is 25.9. The Morgan fingerprint density at radius 2 is 2.07 bits per heavy atom. The van der Waals surface area contributed by atoms with E-state index in [1.54, 1.807) is 19.4 Å². The summed E-state index contributed by atoms with van der Waals surface area (Å²) in [5.41, 5.74) is 3.46. The molecule has 9 heteroatoms. The molecule has 0 fully saturated rings.